The molecule has 5 amide bonds. The zero-order valence-electron chi connectivity index (χ0n) is 53.6. The first kappa shape index (κ1) is 64.7. The van der Waals surface area contributed by atoms with Gasteiger partial charge in [0.25, 0.3) is 0 Å². The van der Waals surface area contributed by atoms with Crippen molar-refractivity contribution >= 4 is 46.2 Å². The molecule has 0 spiro atoms. The third-order valence-electron chi connectivity index (χ3n) is 25.7. The maximum absolute atomic E-state index is 13.7. The molecule has 0 saturated heterocycles. The van der Waals surface area contributed by atoms with E-state index in [2.05, 4.69) is 80.3 Å². The van der Waals surface area contributed by atoms with Crippen molar-refractivity contribution in [2.45, 2.75) is 246 Å². The Bertz CT molecular complexity index is 2750. The Morgan fingerprint density at radius 1 is 0.558 bits per heavy atom. The monoisotopic (exact) mass is 1190 g/mol. The third-order valence-corrected chi connectivity index (χ3v) is 25.7. The molecule has 0 aliphatic heterocycles. The molecule has 478 valence electrons. The lowest BCUT2D eigenvalue weighted by molar-refractivity contribution is -0.205. The molecule has 86 heavy (non-hydrogen) atoms. The number of aliphatic hydroxyl groups excluding tert-OH is 4. The van der Waals surface area contributed by atoms with Crippen LogP contribution in [0.5, 0.6) is 0 Å². The fraction of sp³-hybridized carbons (Fsp3) is 0.789. The number of rotatable bonds is 19. The molecule has 10 rings (SSSR count). The number of hydrogen-bond donors (Lipinski definition) is 9. The first-order valence-electron chi connectivity index (χ1n) is 34.1. The van der Waals surface area contributed by atoms with Gasteiger partial charge in [-0.05, 0) is 228 Å². The molecule has 8 aliphatic carbocycles. The number of carbonyl (C=O) groups excluding carboxylic acids is 5. The standard InChI is InChI=1S/C71H109N5O10/c1-41(45-27-29-47-64-51(39-58(79)70(45,47)8)69(7)34-14-22-55(50(69)38-56(64)77)76-62(83)24-16-36-73-66(85)86-67(3,4)5)25-31-60(81)72-35-15-23-61(82)75-54-21-13-33-68(6)49(54)37-57(78)65-48-30-28-46(71(48,9)59(80)40-52(65)68)42(2)26-32-63(84)74-53-20-12-18-43-17-10-11-19-44(43)53/h10-12,17-20,41-42,45-52,54-59,64-65,77-80H,13-16,21-40H2,1-9H3,(H,72,81)(H,73,85)(H,74,84)(H,75,82)(H,76,83)/t41-,42-,45-,46-,47+,48+,49-,50-,51+,52+,54-,55-,56-,57-,58+,59+,64+,65+,68+,69+,70-,71-/m1/s1. The number of fused-ring (bicyclic) bond motifs is 11. The lowest BCUT2D eigenvalue weighted by Gasteiger charge is -2.64. The third kappa shape index (κ3) is 12.6. The van der Waals surface area contributed by atoms with Gasteiger partial charge in [0.1, 0.15) is 5.60 Å². The summed E-state index contributed by atoms with van der Waals surface area (Å²) in [7, 11) is 0. The Labute approximate surface area is 513 Å². The van der Waals surface area contributed by atoms with Crippen LogP contribution in [-0.4, -0.2) is 105 Å². The van der Waals surface area contributed by atoms with Gasteiger partial charge in [0.15, 0.2) is 0 Å². The van der Waals surface area contributed by atoms with E-state index < -0.39 is 36.1 Å². The Kier molecular flexibility index (Phi) is 19.5. The minimum absolute atomic E-state index is 0.00784. The quantitative estimate of drug-likeness (QED) is 0.0604. The molecule has 0 aromatic heterocycles. The van der Waals surface area contributed by atoms with Crippen molar-refractivity contribution in [3.8, 4) is 0 Å². The zero-order valence-corrected chi connectivity index (χ0v) is 53.6. The predicted octanol–water partition coefficient (Wildman–Crippen LogP) is 11.0. The van der Waals surface area contributed by atoms with Crippen LogP contribution < -0.4 is 26.6 Å². The highest BCUT2D eigenvalue weighted by atomic mass is 16.6. The molecule has 15 nitrogen and oxygen atoms in total. The molecule has 0 heterocycles. The molecular formula is C71H109N5O10. The molecule has 0 radical (unpaired) electrons. The number of carbonyl (C=O) groups is 5. The highest BCUT2D eigenvalue weighted by molar-refractivity contribution is 6.02. The molecule has 15 heteroatoms. The Hall–Kier alpha value is -4.31. The average Bonchev–Trinajstić information content (AvgIpc) is 1.33. The Morgan fingerprint density at radius 3 is 1.55 bits per heavy atom. The Morgan fingerprint density at radius 2 is 1.03 bits per heavy atom. The van der Waals surface area contributed by atoms with E-state index in [-0.39, 0.29) is 135 Å². The van der Waals surface area contributed by atoms with Gasteiger partial charge in [-0.1, -0.05) is 90.8 Å². The summed E-state index contributed by atoms with van der Waals surface area (Å²) in [5, 5.41) is 67.0. The van der Waals surface area contributed by atoms with Crippen LogP contribution in [0.3, 0.4) is 0 Å². The summed E-state index contributed by atoms with van der Waals surface area (Å²) in [6.45, 7) is 19.9. The number of alkyl carbamates (subject to hydrolysis) is 1. The number of amides is 5. The summed E-state index contributed by atoms with van der Waals surface area (Å²) < 4.78 is 5.32. The maximum atomic E-state index is 13.7. The summed E-state index contributed by atoms with van der Waals surface area (Å²) in [6, 6.07) is 14.0. The number of aliphatic hydroxyl groups is 4. The van der Waals surface area contributed by atoms with Crippen molar-refractivity contribution in [3.63, 3.8) is 0 Å². The molecule has 0 unspecified atom stereocenters. The SMILES string of the molecule is C[C@H](CCC(=O)NCCCC(=O)N[C@@H]1CCC[C@@]2(C)[C@@H]1C[C@@H](O)[C@@H]1[C@@H]2C[C@H](O)[C@]2(C)[C@@H]([C@H](C)CCC(=O)Nc3cccc4ccccc34)CC[C@@H]12)[C@H]1CC[C@H]2[C@@H]3[C@H](O)C[C@@H]4[C@H](NC(=O)CCCNC(=O)OC(C)(C)C)CCC[C@]4(C)[C@H]3C[C@H](O)[C@]12C. The van der Waals surface area contributed by atoms with Gasteiger partial charge in [0.2, 0.25) is 23.6 Å². The highest BCUT2D eigenvalue weighted by Gasteiger charge is 2.68. The van der Waals surface area contributed by atoms with E-state index in [1.807, 2.05) is 51.1 Å². The molecule has 22 atom stereocenters. The summed E-state index contributed by atoms with van der Waals surface area (Å²) in [5.41, 5.74) is -0.739. The van der Waals surface area contributed by atoms with Crippen molar-refractivity contribution in [3.05, 3.63) is 42.5 Å². The smallest absolute Gasteiger partial charge is 0.407 e. The summed E-state index contributed by atoms with van der Waals surface area (Å²) in [6.07, 6.45) is 13.4. The molecule has 8 fully saturated rings. The second-order valence-corrected chi connectivity index (χ2v) is 31.2. The van der Waals surface area contributed by atoms with Crippen LogP contribution in [0.1, 0.15) is 204 Å². The van der Waals surface area contributed by atoms with Crippen LogP contribution in [0.15, 0.2) is 42.5 Å². The molecule has 8 saturated carbocycles. The van der Waals surface area contributed by atoms with E-state index in [4.69, 9.17) is 4.74 Å². The largest absolute Gasteiger partial charge is 0.444 e. The van der Waals surface area contributed by atoms with Crippen LogP contribution in [0.25, 0.3) is 10.8 Å². The number of anilines is 1. The summed E-state index contributed by atoms with van der Waals surface area (Å²) in [5.74, 6) is 1.82. The van der Waals surface area contributed by atoms with E-state index in [0.29, 0.717) is 77.3 Å². The van der Waals surface area contributed by atoms with Gasteiger partial charge in [-0.3, -0.25) is 19.2 Å². The molecule has 2 aromatic carbocycles. The number of nitrogens with one attached hydrogen (secondary N) is 5. The van der Waals surface area contributed by atoms with Gasteiger partial charge in [-0.25, -0.2) is 4.79 Å². The normalized spacial score (nSPS) is 39.6. The second kappa shape index (κ2) is 25.9. The predicted molar refractivity (Wildman–Crippen MR) is 335 cm³/mol. The highest BCUT2D eigenvalue weighted by Crippen LogP contribution is 2.70. The molecule has 0 bridgehead atoms. The van der Waals surface area contributed by atoms with E-state index in [1.54, 1.807) is 0 Å². The van der Waals surface area contributed by atoms with Crippen molar-refractivity contribution in [1.82, 2.24) is 21.3 Å². The number of ether oxygens (including phenoxy) is 1. The van der Waals surface area contributed by atoms with Crippen molar-refractivity contribution < 1.29 is 49.1 Å². The first-order valence-corrected chi connectivity index (χ1v) is 34.1. The van der Waals surface area contributed by atoms with E-state index >= 15 is 0 Å². The molecular weight excluding hydrogens is 1080 g/mol. The lowest BCUT2D eigenvalue weighted by Crippen LogP contribution is -2.64. The lowest BCUT2D eigenvalue weighted by atomic mass is 9.42. The van der Waals surface area contributed by atoms with Gasteiger partial charge in [-0.15, -0.1) is 0 Å². The van der Waals surface area contributed by atoms with Crippen LogP contribution in [0, 0.1) is 92.7 Å². The number of benzene rings is 2. The fourth-order valence-electron chi connectivity index (χ4n) is 21.5. The van der Waals surface area contributed by atoms with Gasteiger partial charge >= 0.3 is 6.09 Å². The van der Waals surface area contributed by atoms with Crippen molar-refractivity contribution in [2.75, 3.05) is 18.4 Å². The molecule has 8 aliphatic rings. The Balaban J connectivity index is 0.657. The van der Waals surface area contributed by atoms with E-state index in [9.17, 15) is 44.4 Å². The van der Waals surface area contributed by atoms with Gasteiger partial charge < -0.3 is 51.7 Å². The van der Waals surface area contributed by atoms with Gasteiger partial charge in [0, 0.05) is 61.9 Å². The molecule has 9 N–H and O–H groups in total. The van der Waals surface area contributed by atoms with Gasteiger partial charge in [0.05, 0.1) is 24.4 Å². The average molecular weight is 1190 g/mol. The first-order chi connectivity index (χ1) is 40.8. The van der Waals surface area contributed by atoms with Gasteiger partial charge in [-0.2, -0.15) is 0 Å². The van der Waals surface area contributed by atoms with E-state index in [0.717, 1.165) is 87.1 Å². The fourth-order valence-corrected chi connectivity index (χ4v) is 21.5. The second-order valence-electron chi connectivity index (χ2n) is 31.2. The van der Waals surface area contributed by atoms with Crippen LogP contribution in [-0.2, 0) is 23.9 Å². The van der Waals surface area contributed by atoms with Crippen molar-refractivity contribution in [1.29, 1.82) is 0 Å². The number of hydrogen-bond acceptors (Lipinski definition) is 10. The summed E-state index contributed by atoms with van der Waals surface area (Å²) >= 11 is 0. The van der Waals surface area contributed by atoms with Crippen LogP contribution in [0.4, 0.5) is 10.5 Å². The van der Waals surface area contributed by atoms with E-state index in [1.165, 1.54) is 0 Å². The van der Waals surface area contributed by atoms with Crippen LogP contribution >= 0.6 is 0 Å². The minimum Gasteiger partial charge on any atom is -0.444 e. The van der Waals surface area contributed by atoms with Crippen molar-refractivity contribution in [2.24, 2.45) is 92.7 Å². The summed E-state index contributed by atoms with van der Waals surface area (Å²) in [4.78, 5) is 65.9. The maximum Gasteiger partial charge on any atom is 0.407 e. The molecule has 2 aromatic rings. The van der Waals surface area contributed by atoms with Crippen LogP contribution in [0.2, 0.25) is 0 Å². The minimum atomic E-state index is -0.590. The topological polar surface area (TPSA) is 236 Å². The zero-order chi connectivity index (χ0) is 61.7.